The number of nitrogens with one attached hydrogen (secondary N) is 2. The van der Waals surface area contributed by atoms with Crippen LogP contribution in [0.1, 0.15) is 5.56 Å². The maximum Gasteiger partial charge on any atom is 0.315 e. The Balaban J connectivity index is 1.70. The van der Waals surface area contributed by atoms with Crippen molar-refractivity contribution in [2.75, 3.05) is 12.3 Å². The van der Waals surface area contributed by atoms with Gasteiger partial charge in [-0.1, -0.05) is 36.4 Å². The summed E-state index contributed by atoms with van der Waals surface area (Å²) >= 11 is 0. The van der Waals surface area contributed by atoms with Crippen LogP contribution in [0.15, 0.2) is 59.5 Å². The van der Waals surface area contributed by atoms with E-state index in [0.29, 0.717) is 11.3 Å². The number of hydrogen-bond donors (Lipinski definition) is 2. The fourth-order valence-electron chi connectivity index (χ4n) is 1.83. The molecule has 0 saturated carbocycles. The van der Waals surface area contributed by atoms with Gasteiger partial charge in [-0.05, 0) is 18.2 Å². The quantitative estimate of drug-likeness (QED) is 0.859. The van der Waals surface area contributed by atoms with Gasteiger partial charge in [0.2, 0.25) is 0 Å². The van der Waals surface area contributed by atoms with Crippen LogP contribution in [0, 0.1) is 5.82 Å². The molecule has 116 valence electrons. The molecule has 2 amide bonds. The van der Waals surface area contributed by atoms with Crippen LogP contribution in [0.2, 0.25) is 0 Å². The van der Waals surface area contributed by atoms with Crippen molar-refractivity contribution in [2.24, 2.45) is 0 Å². The van der Waals surface area contributed by atoms with Crippen LogP contribution in [0.25, 0.3) is 0 Å². The van der Waals surface area contributed by atoms with Gasteiger partial charge in [-0.25, -0.2) is 9.18 Å². The molecular formula is C16H17FN2O2S. The second kappa shape index (κ2) is 8.29. The van der Waals surface area contributed by atoms with Gasteiger partial charge in [-0.2, -0.15) is 0 Å². The zero-order chi connectivity index (χ0) is 15.8. The van der Waals surface area contributed by atoms with Gasteiger partial charge in [0.1, 0.15) is 5.82 Å². The van der Waals surface area contributed by atoms with Gasteiger partial charge in [0, 0.05) is 29.3 Å². The van der Waals surface area contributed by atoms with Crippen molar-refractivity contribution < 1.29 is 13.4 Å². The SMILES string of the molecule is O=C(NCCS(=O)c1ccccc1)NCc1ccccc1F. The maximum atomic E-state index is 13.4. The van der Waals surface area contributed by atoms with Crippen molar-refractivity contribution in [1.29, 1.82) is 0 Å². The number of carbonyl (C=O) groups excluding carboxylic acids is 1. The zero-order valence-corrected chi connectivity index (χ0v) is 12.7. The number of carbonyl (C=O) groups is 1. The summed E-state index contributed by atoms with van der Waals surface area (Å²) in [7, 11) is -1.15. The number of urea groups is 1. The van der Waals surface area contributed by atoms with Gasteiger partial charge < -0.3 is 10.6 Å². The van der Waals surface area contributed by atoms with Crippen LogP contribution in [0.3, 0.4) is 0 Å². The van der Waals surface area contributed by atoms with E-state index < -0.39 is 16.8 Å². The first-order valence-corrected chi connectivity index (χ1v) is 8.17. The monoisotopic (exact) mass is 320 g/mol. The lowest BCUT2D eigenvalue weighted by Gasteiger charge is -2.08. The van der Waals surface area contributed by atoms with Crippen molar-refractivity contribution in [1.82, 2.24) is 10.6 Å². The number of hydrogen-bond acceptors (Lipinski definition) is 2. The van der Waals surface area contributed by atoms with Crippen LogP contribution < -0.4 is 10.6 Å². The molecule has 0 spiro atoms. The first-order valence-electron chi connectivity index (χ1n) is 6.85. The summed E-state index contributed by atoms with van der Waals surface area (Å²) in [5.41, 5.74) is 0.422. The topological polar surface area (TPSA) is 58.2 Å². The lowest BCUT2D eigenvalue weighted by atomic mass is 10.2. The molecule has 2 aromatic rings. The van der Waals surface area contributed by atoms with Crippen LogP contribution in [0.4, 0.5) is 9.18 Å². The van der Waals surface area contributed by atoms with Crippen molar-refractivity contribution in [3.63, 3.8) is 0 Å². The molecule has 4 nitrogen and oxygen atoms in total. The molecule has 2 aromatic carbocycles. The summed E-state index contributed by atoms with van der Waals surface area (Å²) in [6.07, 6.45) is 0. The first kappa shape index (κ1) is 16.2. The normalized spacial score (nSPS) is 11.7. The Morgan fingerprint density at radius 2 is 1.68 bits per heavy atom. The molecule has 0 bridgehead atoms. The average molecular weight is 320 g/mol. The minimum atomic E-state index is -1.15. The van der Waals surface area contributed by atoms with Gasteiger partial charge in [0.25, 0.3) is 0 Å². The molecule has 2 rings (SSSR count). The molecular weight excluding hydrogens is 303 g/mol. The molecule has 0 saturated heterocycles. The molecule has 0 fully saturated rings. The highest BCUT2D eigenvalue weighted by molar-refractivity contribution is 7.85. The number of rotatable bonds is 6. The lowest BCUT2D eigenvalue weighted by molar-refractivity contribution is 0.241. The summed E-state index contributed by atoms with van der Waals surface area (Å²) in [4.78, 5) is 12.3. The highest BCUT2D eigenvalue weighted by atomic mass is 32.2. The van der Waals surface area contributed by atoms with Gasteiger partial charge in [0.05, 0.1) is 10.8 Å². The van der Waals surface area contributed by atoms with Crippen LogP contribution in [-0.2, 0) is 17.3 Å². The smallest absolute Gasteiger partial charge is 0.315 e. The first-order chi connectivity index (χ1) is 10.7. The minimum Gasteiger partial charge on any atom is -0.337 e. The van der Waals surface area contributed by atoms with Gasteiger partial charge >= 0.3 is 6.03 Å². The van der Waals surface area contributed by atoms with E-state index in [1.807, 2.05) is 18.2 Å². The molecule has 0 aliphatic carbocycles. The molecule has 1 unspecified atom stereocenters. The van der Waals surface area contributed by atoms with E-state index >= 15 is 0 Å². The zero-order valence-electron chi connectivity index (χ0n) is 11.9. The summed E-state index contributed by atoms with van der Waals surface area (Å²) in [5.74, 6) is -0.0232. The Morgan fingerprint density at radius 1 is 1.00 bits per heavy atom. The molecule has 22 heavy (non-hydrogen) atoms. The number of halogens is 1. The second-order valence-corrected chi connectivity index (χ2v) is 6.13. The Kier molecular flexibility index (Phi) is 6.09. The second-order valence-electron chi connectivity index (χ2n) is 4.56. The van der Waals surface area contributed by atoms with E-state index in [-0.39, 0.29) is 18.9 Å². The summed E-state index contributed by atoms with van der Waals surface area (Å²) in [6.45, 7) is 0.394. The number of benzene rings is 2. The fourth-order valence-corrected chi connectivity index (χ4v) is 2.81. The third kappa shape index (κ3) is 4.96. The third-order valence-electron chi connectivity index (χ3n) is 2.98. The van der Waals surface area contributed by atoms with Crippen molar-refractivity contribution in [3.8, 4) is 0 Å². The highest BCUT2D eigenvalue weighted by Gasteiger charge is 2.06. The Morgan fingerprint density at radius 3 is 2.41 bits per heavy atom. The van der Waals surface area contributed by atoms with Crippen LogP contribution >= 0.6 is 0 Å². The molecule has 1 atom stereocenters. The Bertz CT molecular complexity index is 650. The standard InChI is InChI=1S/C16H17FN2O2S/c17-15-9-5-4-6-13(15)12-19-16(20)18-10-11-22(21)14-7-2-1-3-8-14/h1-9H,10-12H2,(H2,18,19,20). The fraction of sp³-hybridized carbons (Fsp3) is 0.188. The van der Waals surface area contributed by atoms with E-state index in [4.69, 9.17) is 0 Å². The maximum absolute atomic E-state index is 13.4. The Labute approximate surface area is 131 Å². The molecule has 0 aromatic heterocycles. The van der Waals surface area contributed by atoms with Gasteiger partial charge in [0.15, 0.2) is 0 Å². The minimum absolute atomic E-state index is 0.111. The average Bonchev–Trinajstić information content (AvgIpc) is 2.55. The molecule has 0 aliphatic rings. The predicted octanol–water partition coefficient (Wildman–Crippen LogP) is 2.43. The highest BCUT2D eigenvalue weighted by Crippen LogP contribution is 2.06. The van der Waals surface area contributed by atoms with Crippen molar-refractivity contribution in [3.05, 3.63) is 66.0 Å². The lowest BCUT2D eigenvalue weighted by Crippen LogP contribution is -2.37. The van der Waals surface area contributed by atoms with Crippen molar-refractivity contribution in [2.45, 2.75) is 11.4 Å². The molecule has 2 N–H and O–H groups in total. The molecule has 0 radical (unpaired) electrons. The summed E-state index contributed by atoms with van der Waals surface area (Å²) < 4.78 is 25.3. The van der Waals surface area contributed by atoms with E-state index in [1.165, 1.54) is 6.07 Å². The molecule has 0 heterocycles. The van der Waals surface area contributed by atoms with Crippen LogP contribution in [-0.4, -0.2) is 22.5 Å². The summed E-state index contributed by atoms with van der Waals surface area (Å²) in [6, 6.07) is 14.9. The molecule has 6 heteroatoms. The van der Waals surface area contributed by atoms with Crippen molar-refractivity contribution >= 4 is 16.8 Å². The van der Waals surface area contributed by atoms with Crippen LogP contribution in [0.5, 0.6) is 0 Å². The van der Waals surface area contributed by atoms with E-state index in [2.05, 4.69) is 10.6 Å². The Hall–Kier alpha value is -2.21. The summed E-state index contributed by atoms with van der Waals surface area (Å²) in [5, 5.41) is 5.17. The van der Waals surface area contributed by atoms with Gasteiger partial charge in [-0.15, -0.1) is 0 Å². The van der Waals surface area contributed by atoms with E-state index in [1.54, 1.807) is 30.3 Å². The van der Waals surface area contributed by atoms with E-state index in [0.717, 1.165) is 4.90 Å². The predicted molar refractivity (Wildman–Crippen MR) is 84.4 cm³/mol. The van der Waals surface area contributed by atoms with Gasteiger partial charge in [-0.3, -0.25) is 4.21 Å². The molecule has 0 aliphatic heterocycles. The largest absolute Gasteiger partial charge is 0.337 e. The third-order valence-corrected chi connectivity index (χ3v) is 4.35. The number of amides is 2. The van der Waals surface area contributed by atoms with E-state index in [9.17, 15) is 13.4 Å².